The molecule has 0 unspecified atom stereocenters. The molecule has 0 atom stereocenters. The summed E-state index contributed by atoms with van der Waals surface area (Å²) in [4.78, 5) is 44.4. The van der Waals surface area contributed by atoms with Crippen LogP contribution in [0, 0.1) is 0 Å². The lowest BCUT2D eigenvalue weighted by Crippen LogP contribution is -2.29. The lowest BCUT2D eigenvalue weighted by Gasteiger charge is -2.07. The Morgan fingerprint density at radius 3 is 1.12 bits per heavy atom. The van der Waals surface area contributed by atoms with Crippen LogP contribution in [0.4, 0.5) is 0 Å². The van der Waals surface area contributed by atoms with Gasteiger partial charge in [-0.05, 0) is 25.7 Å². The van der Waals surface area contributed by atoms with E-state index in [4.69, 9.17) is 0 Å². The zero-order valence-electron chi connectivity index (χ0n) is 14.7. The molecule has 0 aliphatic rings. The molecule has 8 nitrogen and oxygen atoms in total. The second-order valence-corrected chi connectivity index (χ2v) is 5.58. The summed E-state index contributed by atoms with van der Waals surface area (Å²) in [6.45, 7) is 5.24. The Kier molecular flexibility index (Phi) is 13.2. The van der Waals surface area contributed by atoms with Crippen molar-refractivity contribution in [1.29, 1.82) is 0 Å². The molecule has 0 spiro atoms. The van der Waals surface area contributed by atoms with E-state index in [1.165, 1.54) is 13.8 Å². The standard InChI is InChI=1S/C16H30N4O4/c1-13(21)17-9-3-5-11-19-15(23)7-8-16(24)20-12-6-4-10-18-14(2)22/h3-12H2,1-2H3,(H,17,21)(H,18,22)(H,19,23)(H,20,24). The van der Waals surface area contributed by atoms with E-state index in [9.17, 15) is 19.2 Å². The monoisotopic (exact) mass is 342 g/mol. The van der Waals surface area contributed by atoms with Gasteiger partial charge in [-0.2, -0.15) is 0 Å². The van der Waals surface area contributed by atoms with Crippen LogP contribution < -0.4 is 21.3 Å². The quantitative estimate of drug-likeness (QED) is 0.348. The van der Waals surface area contributed by atoms with Gasteiger partial charge in [0.1, 0.15) is 0 Å². The average molecular weight is 342 g/mol. The molecule has 0 saturated heterocycles. The summed E-state index contributed by atoms with van der Waals surface area (Å²) in [5.74, 6) is -0.397. The molecule has 8 heteroatoms. The first kappa shape index (κ1) is 21.9. The number of unbranched alkanes of at least 4 members (excludes halogenated alkanes) is 2. The minimum absolute atomic E-state index is 0.0554. The van der Waals surface area contributed by atoms with Gasteiger partial charge in [-0.25, -0.2) is 0 Å². The van der Waals surface area contributed by atoms with Crippen molar-refractivity contribution in [2.75, 3.05) is 26.2 Å². The predicted molar refractivity (Wildman–Crippen MR) is 91.1 cm³/mol. The molecule has 0 fully saturated rings. The van der Waals surface area contributed by atoms with E-state index in [1.807, 2.05) is 0 Å². The molecule has 0 aliphatic heterocycles. The highest BCUT2D eigenvalue weighted by Gasteiger charge is 2.06. The van der Waals surface area contributed by atoms with Crippen LogP contribution in [0.25, 0.3) is 0 Å². The van der Waals surface area contributed by atoms with Crippen molar-refractivity contribution >= 4 is 23.6 Å². The summed E-state index contributed by atoms with van der Waals surface area (Å²) in [7, 11) is 0. The van der Waals surface area contributed by atoms with Crippen molar-refractivity contribution in [3.8, 4) is 0 Å². The maximum Gasteiger partial charge on any atom is 0.220 e. The van der Waals surface area contributed by atoms with Crippen LogP contribution >= 0.6 is 0 Å². The van der Waals surface area contributed by atoms with Crippen LogP contribution in [0.15, 0.2) is 0 Å². The molecule has 0 radical (unpaired) electrons. The highest BCUT2D eigenvalue weighted by molar-refractivity contribution is 5.83. The molecule has 138 valence electrons. The van der Waals surface area contributed by atoms with Crippen molar-refractivity contribution in [3.05, 3.63) is 0 Å². The Bertz CT molecular complexity index is 375. The van der Waals surface area contributed by atoms with Gasteiger partial charge in [0.2, 0.25) is 23.6 Å². The second kappa shape index (κ2) is 14.5. The summed E-state index contributed by atoms with van der Waals surface area (Å²) in [5.41, 5.74) is 0. The Balaban J connectivity index is 3.43. The first-order valence-corrected chi connectivity index (χ1v) is 8.44. The van der Waals surface area contributed by atoms with Gasteiger partial charge in [0, 0.05) is 52.9 Å². The molecule has 4 amide bonds. The van der Waals surface area contributed by atoms with Crippen LogP contribution in [0.5, 0.6) is 0 Å². The third-order valence-corrected chi connectivity index (χ3v) is 3.18. The molecule has 0 aromatic rings. The lowest BCUT2D eigenvalue weighted by molar-refractivity contribution is -0.126. The fourth-order valence-electron chi connectivity index (χ4n) is 1.89. The molecule has 0 saturated carbocycles. The number of hydrogen-bond acceptors (Lipinski definition) is 4. The largest absolute Gasteiger partial charge is 0.356 e. The van der Waals surface area contributed by atoms with E-state index >= 15 is 0 Å². The van der Waals surface area contributed by atoms with Crippen LogP contribution in [0.1, 0.15) is 52.4 Å². The van der Waals surface area contributed by atoms with Crippen LogP contribution in [0.3, 0.4) is 0 Å². The van der Waals surface area contributed by atoms with Crippen molar-refractivity contribution in [2.24, 2.45) is 0 Å². The molecular formula is C16H30N4O4. The molecule has 0 rings (SSSR count). The maximum absolute atomic E-state index is 11.6. The molecule has 0 aliphatic carbocycles. The molecule has 0 heterocycles. The number of hydrogen-bond donors (Lipinski definition) is 4. The summed E-state index contributed by atoms with van der Waals surface area (Å²) in [6, 6.07) is 0. The fourth-order valence-corrected chi connectivity index (χ4v) is 1.89. The van der Waals surface area contributed by atoms with Crippen LogP contribution in [-0.2, 0) is 19.2 Å². The van der Waals surface area contributed by atoms with E-state index in [0.717, 1.165) is 25.7 Å². The van der Waals surface area contributed by atoms with E-state index in [-0.39, 0.29) is 36.5 Å². The lowest BCUT2D eigenvalue weighted by atomic mass is 10.2. The molecule has 0 aromatic heterocycles. The Labute approximate surface area is 143 Å². The van der Waals surface area contributed by atoms with Gasteiger partial charge < -0.3 is 21.3 Å². The molecule has 24 heavy (non-hydrogen) atoms. The van der Waals surface area contributed by atoms with Crippen LogP contribution in [0.2, 0.25) is 0 Å². The fraction of sp³-hybridized carbons (Fsp3) is 0.750. The SMILES string of the molecule is CC(=O)NCCCCNC(=O)CCC(=O)NCCCCNC(C)=O. The molecule has 4 N–H and O–H groups in total. The van der Waals surface area contributed by atoms with E-state index in [2.05, 4.69) is 21.3 Å². The van der Waals surface area contributed by atoms with Gasteiger partial charge >= 0.3 is 0 Å². The minimum atomic E-state index is -0.143. The Morgan fingerprint density at radius 1 is 0.542 bits per heavy atom. The van der Waals surface area contributed by atoms with Crippen molar-refractivity contribution in [3.63, 3.8) is 0 Å². The summed E-state index contributed by atoms with van der Waals surface area (Å²) in [5, 5.41) is 10.9. The highest BCUT2D eigenvalue weighted by Crippen LogP contribution is 1.92. The average Bonchev–Trinajstić information content (AvgIpc) is 2.51. The third-order valence-electron chi connectivity index (χ3n) is 3.18. The molecule has 0 bridgehead atoms. The highest BCUT2D eigenvalue weighted by atomic mass is 16.2. The first-order valence-electron chi connectivity index (χ1n) is 8.44. The van der Waals surface area contributed by atoms with Crippen LogP contribution in [-0.4, -0.2) is 49.8 Å². The third kappa shape index (κ3) is 16.3. The minimum Gasteiger partial charge on any atom is -0.356 e. The van der Waals surface area contributed by atoms with Gasteiger partial charge in [-0.1, -0.05) is 0 Å². The van der Waals surface area contributed by atoms with Gasteiger partial charge in [0.25, 0.3) is 0 Å². The number of carbonyl (C=O) groups is 4. The number of rotatable bonds is 13. The van der Waals surface area contributed by atoms with Gasteiger partial charge in [-0.15, -0.1) is 0 Å². The second-order valence-electron chi connectivity index (χ2n) is 5.58. The summed E-state index contributed by atoms with van der Waals surface area (Å²) < 4.78 is 0. The van der Waals surface area contributed by atoms with Crippen molar-refractivity contribution in [1.82, 2.24) is 21.3 Å². The van der Waals surface area contributed by atoms with Crippen molar-refractivity contribution < 1.29 is 19.2 Å². The Hall–Kier alpha value is -2.12. The topological polar surface area (TPSA) is 116 Å². The van der Waals surface area contributed by atoms with E-state index < -0.39 is 0 Å². The Morgan fingerprint density at radius 2 is 0.833 bits per heavy atom. The zero-order chi connectivity index (χ0) is 18.2. The van der Waals surface area contributed by atoms with Crippen molar-refractivity contribution in [2.45, 2.75) is 52.4 Å². The van der Waals surface area contributed by atoms with Gasteiger partial charge in [-0.3, -0.25) is 19.2 Å². The smallest absolute Gasteiger partial charge is 0.220 e. The zero-order valence-corrected chi connectivity index (χ0v) is 14.7. The summed E-state index contributed by atoms with van der Waals surface area (Å²) in [6.07, 6.45) is 3.52. The normalized spacial score (nSPS) is 9.92. The van der Waals surface area contributed by atoms with E-state index in [0.29, 0.717) is 26.2 Å². The molecule has 0 aromatic carbocycles. The number of carbonyl (C=O) groups excluding carboxylic acids is 4. The maximum atomic E-state index is 11.6. The molecular weight excluding hydrogens is 312 g/mol. The van der Waals surface area contributed by atoms with E-state index in [1.54, 1.807) is 0 Å². The van der Waals surface area contributed by atoms with Gasteiger partial charge in [0.05, 0.1) is 0 Å². The first-order chi connectivity index (χ1) is 11.4. The predicted octanol–water partition coefficient (Wildman–Crippen LogP) is -0.168. The summed E-state index contributed by atoms with van der Waals surface area (Å²) >= 11 is 0. The number of nitrogens with one attached hydrogen (secondary N) is 4. The number of amides is 4. The van der Waals surface area contributed by atoms with Gasteiger partial charge in [0.15, 0.2) is 0 Å².